The van der Waals surface area contributed by atoms with Crippen LogP contribution in [0.3, 0.4) is 0 Å². The van der Waals surface area contributed by atoms with Gasteiger partial charge in [0.05, 0.1) is 12.1 Å². The van der Waals surface area contributed by atoms with Crippen molar-refractivity contribution in [3.63, 3.8) is 0 Å². The van der Waals surface area contributed by atoms with Gasteiger partial charge in [-0.1, -0.05) is 11.6 Å². The molecule has 3 rings (SSSR count). The number of aromatic nitrogens is 1. The zero-order valence-corrected chi connectivity index (χ0v) is 13.8. The highest BCUT2D eigenvalue weighted by atomic mass is 35.5. The molecule has 126 valence electrons. The minimum atomic E-state index is -1.22. The van der Waals surface area contributed by atoms with Crippen LogP contribution in [0, 0.1) is 5.92 Å². The molecule has 6 nitrogen and oxygen atoms in total. The summed E-state index contributed by atoms with van der Waals surface area (Å²) >= 11 is 5.84. The third kappa shape index (κ3) is 3.43. The van der Waals surface area contributed by atoms with Crippen molar-refractivity contribution in [3.8, 4) is 11.5 Å². The summed E-state index contributed by atoms with van der Waals surface area (Å²) in [5.74, 6) is -1.03. The highest BCUT2D eigenvalue weighted by Gasteiger charge is 2.48. The fourth-order valence-electron chi connectivity index (χ4n) is 2.60. The van der Waals surface area contributed by atoms with Gasteiger partial charge in [0.2, 0.25) is 11.8 Å². The molecule has 1 amide bonds. The summed E-state index contributed by atoms with van der Waals surface area (Å²) in [4.78, 5) is 27.9. The number of rotatable bonds is 6. The van der Waals surface area contributed by atoms with Gasteiger partial charge in [-0.2, -0.15) is 0 Å². The van der Waals surface area contributed by atoms with Crippen LogP contribution in [-0.2, 0) is 16.0 Å². The first-order chi connectivity index (χ1) is 11.4. The Kier molecular flexibility index (Phi) is 4.32. The van der Waals surface area contributed by atoms with Crippen molar-refractivity contribution in [1.82, 2.24) is 10.3 Å². The Balaban J connectivity index is 1.67. The molecule has 2 N–H and O–H groups in total. The molecule has 0 unspecified atom stereocenters. The highest BCUT2D eigenvalue weighted by Crippen LogP contribution is 2.39. The molecule has 1 aliphatic carbocycles. The first-order valence-corrected chi connectivity index (χ1v) is 8.01. The van der Waals surface area contributed by atoms with Gasteiger partial charge in [0.1, 0.15) is 11.8 Å². The molecule has 7 heteroatoms. The number of nitrogens with one attached hydrogen (secondary N) is 1. The van der Waals surface area contributed by atoms with Gasteiger partial charge in [-0.25, -0.2) is 9.78 Å². The van der Waals surface area contributed by atoms with E-state index in [1.54, 1.807) is 31.2 Å². The maximum atomic E-state index is 12.2. The Labute approximate surface area is 143 Å². The third-order valence-corrected chi connectivity index (χ3v) is 4.47. The maximum absolute atomic E-state index is 12.2. The molecule has 0 aliphatic heterocycles. The van der Waals surface area contributed by atoms with Crippen molar-refractivity contribution >= 4 is 23.5 Å². The number of carbonyl (C=O) groups is 2. The number of carboxylic acids is 1. The topological polar surface area (TPSA) is 92.4 Å². The molecule has 1 atom stereocenters. The lowest BCUT2D eigenvalue weighted by molar-refractivity contribution is -0.147. The van der Waals surface area contributed by atoms with Crippen LogP contribution >= 0.6 is 11.6 Å². The lowest BCUT2D eigenvalue weighted by Crippen LogP contribution is -2.54. The number of amides is 1. The van der Waals surface area contributed by atoms with E-state index < -0.39 is 11.5 Å². The lowest BCUT2D eigenvalue weighted by atomic mass is 9.95. The quantitative estimate of drug-likeness (QED) is 0.837. The molecule has 0 radical (unpaired) electrons. The second kappa shape index (κ2) is 6.28. The second-order valence-electron chi connectivity index (χ2n) is 6.16. The molecule has 1 fully saturated rings. The normalized spacial score (nSPS) is 16.4. The molecule has 2 aromatic rings. The number of aliphatic carboxylic acids is 1. The summed E-state index contributed by atoms with van der Waals surface area (Å²) in [6.45, 7) is 1.55. The first-order valence-electron chi connectivity index (χ1n) is 7.63. The molecular formula is C17H17ClN2O4. The summed E-state index contributed by atoms with van der Waals surface area (Å²) in [7, 11) is 0. The van der Waals surface area contributed by atoms with Crippen LogP contribution in [0.5, 0.6) is 0 Å². The van der Waals surface area contributed by atoms with E-state index in [0.29, 0.717) is 16.6 Å². The molecule has 1 aromatic heterocycles. The maximum Gasteiger partial charge on any atom is 0.329 e. The SMILES string of the molecule is C[C@](NC(=O)Cc1coc(-c2ccc(Cl)cc2)n1)(C(=O)O)C1CC1. The van der Waals surface area contributed by atoms with Crippen LogP contribution < -0.4 is 5.32 Å². The summed E-state index contributed by atoms with van der Waals surface area (Å²) in [6.07, 6.45) is 2.99. The van der Waals surface area contributed by atoms with E-state index in [1.807, 2.05) is 0 Å². The molecule has 1 heterocycles. The predicted molar refractivity (Wildman–Crippen MR) is 87.6 cm³/mol. The zero-order chi connectivity index (χ0) is 17.3. The minimum Gasteiger partial charge on any atom is -0.480 e. The van der Waals surface area contributed by atoms with Gasteiger partial charge in [-0.3, -0.25) is 4.79 Å². The third-order valence-electron chi connectivity index (χ3n) is 4.22. The Morgan fingerprint density at radius 2 is 2.04 bits per heavy atom. The summed E-state index contributed by atoms with van der Waals surface area (Å²) in [5, 5.41) is 12.6. The largest absolute Gasteiger partial charge is 0.480 e. The van der Waals surface area contributed by atoms with Gasteiger partial charge in [0.25, 0.3) is 0 Å². The molecule has 1 aliphatic rings. The van der Waals surface area contributed by atoms with Crippen molar-refractivity contribution in [2.24, 2.45) is 5.92 Å². The van der Waals surface area contributed by atoms with Crippen LogP contribution in [0.2, 0.25) is 5.02 Å². The van der Waals surface area contributed by atoms with Gasteiger partial charge in [-0.15, -0.1) is 0 Å². The average molecular weight is 349 g/mol. The summed E-state index contributed by atoms with van der Waals surface area (Å²) in [5.41, 5.74) is -0.0276. The number of halogens is 1. The Bertz CT molecular complexity index is 767. The van der Waals surface area contributed by atoms with E-state index in [-0.39, 0.29) is 18.2 Å². The van der Waals surface area contributed by atoms with Gasteiger partial charge in [0, 0.05) is 10.6 Å². The molecule has 1 saturated carbocycles. The van der Waals surface area contributed by atoms with Crippen molar-refractivity contribution in [2.45, 2.75) is 31.7 Å². The number of hydrogen-bond donors (Lipinski definition) is 2. The molecule has 0 bridgehead atoms. The number of nitrogens with zero attached hydrogens (tertiary/aromatic N) is 1. The van der Waals surface area contributed by atoms with E-state index >= 15 is 0 Å². The van der Waals surface area contributed by atoms with Crippen molar-refractivity contribution < 1.29 is 19.1 Å². The number of oxazole rings is 1. The number of benzene rings is 1. The van der Waals surface area contributed by atoms with E-state index in [0.717, 1.165) is 18.4 Å². The lowest BCUT2D eigenvalue weighted by Gasteiger charge is -2.25. The van der Waals surface area contributed by atoms with Crippen LogP contribution in [0.4, 0.5) is 0 Å². The van der Waals surface area contributed by atoms with Crippen LogP contribution in [-0.4, -0.2) is 27.5 Å². The fraction of sp³-hybridized carbons (Fsp3) is 0.353. The molecule has 0 spiro atoms. The Morgan fingerprint density at radius 3 is 2.62 bits per heavy atom. The predicted octanol–water partition coefficient (Wildman–Crippen LogP) is 2.91. The van der Waals surface area contributed by atoms with Crippen molar-refractivity contribution in [1.29, 1.82) is 0 Å². The number of hydrogen-bond acceptors (Lipinski definition) is 4. The van der Waals surface area contributed by atoms with Crippen molar-refractivity contribution in [2.75, 3.05) is 0 Å². The van der Waals surface area contributed by atoms with Crippen LogP contribution in [0.25, 0.3) is 11.5 Å². The van der Waals surface area contributed by atoms with Crippen molar-refractivity contribution in [3.05, 3.63) is 41.2 Å². The van der Waals surface area contributed by atoms with Crippen LogP contribution in [0.1, 0.15) is 25.5 Å². The van der Waals surface area contributed by atoms with Gasteiger partial charge < -0.3 is 14.8 Å². The molecule has 24 heavy (non-hydrogen) atoms. The van der Waals surface area contributed by atoms with Gasteiger partial charge >= 0.3 is 5.97 Å². The van der Waals surface area contributed by atoms with E-state index in [4.69, 9.17) is 16.0 Å². The standard InChI is InChI=1S/C17H17ClN2O4/c1-17(16(22)23,11-4-5-11)20-14(21)8-13-9-24-15(19-13)10-2-6-12(18)7-3-10/h2-3,6-7,9,11H,4-5,8H2,1H3,(H,20,21)(H,22,23)/t17-/m1/s1. The fourth-order valence-corrected chi connectivity index (χ4v) is 2.73. The molecular weight excluding hydrogens is 332 g/mol. The van der Waals surface area contributed by atoms with Crippen LogP contribution in [0.15, 0.2) is 34.9 Å². The van der Waals surface area contributed by atoms with E-state index in [9.17, 15) is 14.7 Å². The van der Waals surface area contributed by atoms with E-state index in [1.165, 1.54) is 6.26 Å². The monoisotopic (exact) mass is 348 g/mol. The van der Waals surface area contributed by atoms with Gasteiger partial charge in [0.15, 0.2) is 0 Å². The number of carbonyl (C=O) groups excluding carboxylic acids is 1. The Hall–Kier alpha value is -2.34. The van der Waals surface area contributed by atoms with E-state index in [2.05, 4.69) is 10.3 Å². The highest BCUT2D eigenvalue weighted by molar-refractivity contribution is 6.30. The molecule has 1 aromatic carbocycles. The molecule has 0 saturated heterocycles. The summed E-state index contributed by atoms with van der Waals surface area (Å²) in [6, 6.07) is 6.99. The Morgan fingerprint density at radius 1 is 1.38 bits per heavy atom. The first kappa shape index (κ1) is 16.5. The van der Waals surface area contributed by atoms with Gasteiger partial charge in [-0.05, 0) is 49.9 Å². The smallest absolute Gasteiger partial charge is 0.329 e. The second-order valence-corrected chi connectivity index (χ2v) is 6.59. The zero-order valence-electron chi connectivity index (χ0n) is 13.1. The number of carboxylic acid groups (broad SMARTS) is 1. The minimum absolute atomic E-state index is 0.0131. The summed E-state index contributed by atoms with van der Waals surface area (Å²) < 4.78 is 5.38. The average Bonchev–Trinajstić information content (AvgIpc) is 3.29.